The van der Waals surface area contributed by atoms with Crippen molar-refractivity contribution in [3.05, 3.63) is 15.4 Å². The number of thiazole rings is 1. The standard InChI is InChI=1S/C10H18N2O3S2/c1-5-6-12(7(2)3)17(14,15)9-8(4)11-10(13)16-9/h7H,5-6H2,1-4H3,(H,11,13). The number of nitrogens with zero attached hydrogens (tertiary/aromatic N) is 1. The predicted octanol–water partition coefficient (Wildman–Crippen LogP) is 1.55. The molecule has 0 saturated heterocycles. The minimum absolute atomic E-state index is 0.114. The van der Waals surface area contributed by atoms with E-state index in [0.29, 0.717) is 12.2 Å². The summed E-state index contributed by atoms with van der Waals surface area (Å²) in [6, 6.07) is -0.114. The van der Waals surface area contributed by atoms with Crippen LogP contribution in [0.5, 0.6) is 0 Å². The van der Waals surface area contributed by atoms with Gasteiger partial charge in [0.05, 0.1) is 0 Å². The van der Waals surface area contributed by atoms with Gasteiger partial charge in [0.2, 0.25) is 0 Å². The van der Waals surface area contributed by atoms with Gasteiger partial charge < -0.3 is 4.98 Å². The number of hydrogen-bond acceptors (Lipinski definition) is 4. The molecule has 1 N–H and O–H groups in total. The number of nitrogens with one attached hydrogen (secondary N) is 1. The lowest BCUT2D eigenvalue weighted by Gasteiger charge is -2.24. The van der Waals surface area contributed by atoms with E-state index < -0.39 is 10.0 Å². The van der Waals surface area contributed by atoms with Crippen LogP contribution in [0.25, 0.3) is 0 Å². The molecule has 0 saturated carbocycles. The van der Waals surface area contributed by atoms with Crippen molar-refractivity contribution in [3.8, 4) is 0 Å². The topological polar surface area (TPSA) is 70.2 Å². The molecule has 17 heavy (non-hydrogen) atoms. The van der Waals surface area contributed by atoms with Gasteiger partial charge in [0, 0.05) is 18.3 Å². The lowest BCUT2D eigenvalue weighted by molar-refractivity contribution is 0.355. The highest BCUT2D eigenvalue weighted by molar-refractivity contribution is 7.91. The third kappa shape index (κ3) is 2.97. The Morgan fingerprint density at radius 1 is 1.41 bits per heavy atom. The van der Waals surface area contributed by atoms with Gasteiger partial charge in [-0.1, -0.05) is 18.3 Å². The summed E-state index contributed by atoms with van der Waals surface area (Å²) in [5.74, 6) is 0. The first-order valence-corrected chi connectivity index (χ1v) is 7.78. The summed E-state index contributed by atoms with van der Waals surface area (Å²) < 4.78 is 26.3. The zero-order valence-corrected chi connectivity index (χ0v) is 12.1. The van der Waals surface area contributed by atoms with E-state index in [-0.39, 0.29) is 15.1 Å². The van der Waals surface area contributed by atoms with Crippen LogP contribution in [0.4, 0.5) is 0 Å². The Hall–Kier alpha value is -0.660. The SMILES string of the molecule is CCCN(C(C)C)S(=O)(=O)c1sc(=O)[nH]c1C. The highest BCUT2D eigenvalue weighted by Crippen LogP contribution is 2.23. The van der Waals surface area contributed by atoms with Crippen LogP contribution in [0.3, 0.4) is 0 Å². The first-order valence-electron chi connectivity index (χ1n) is 5.52. The summed E-state index contributed by atoms with van der Waals surface area (Å²) >= 11 is 0.752. The molecule has 0 aliphatic carbocycles. The number of aromatic amines is 1. The molecular weight excluding hydrogens is 260 g/mol. The fraction of sp³-hybridized carbons (Fsp3) is 0.700. The first-order chi connectivity index (χ1) is 7.80. The van der Waals surface area contributed by atoms with Gasteiger partial charge in [-0.05, 0) is 27.2 Å². The molecule has 98 valence electrons. The van der Waals surface area contributed by atoms with E-state index in [1.165, 1.54) is 4.31 Å². The number of aryl methyl sites for hydroxylation is 1. The van der Waals surface area contributed by atoms with Gasteiger partial charge >= 0.3 is 4.87 Å². The minimum Gasteiger partial charge on any atom is -0.315 e. The van der Waals surface area contributed by atoms with Crippen LogP contribution in [0.15, 0.2) is 9.00 Å². The average molecular weight is 278 g/mol. The Kier molecular flexibility index (Phi) is 4.51. The third-order valence-electron chi connectivity index (χ3n) is 2.34. The number of hydrogen-bond donors (Lipinski definition) is 1. The van der Waals surface area contributed by atoms with Gasteiger partial charge in [-0.25, -0.2) is 8.42 Å². The molecule has 0 atom stereocenters. The molecule has 5 nitrogen and oxygen atoms in total. The second-order valence-electron chi connectivity index (χ2n) is 4.14. The summed E-state index contributed by atoms with van der Waals surface area (Å²) in [5.41, 5.74) is 0.418. The maximum Gasteiger partial charge on any atom is 0.305 e. The molecule has 1 rings (SSSR count). The van der Waals surface area contributed by atoms with E-state index in [9.17, 15) is 13.2 Å². The van der Waals surface area contributed by atoms with Crippen molar-refractivity contribution in [2.75, 3.05) is 6.54 Å². The van der Waals surface area contributed by atoms with Crippen molar-refractivity contribution >= 4 is 21.4 Å². The fourth-order valence-corrected chi connectivity index (χ4v) is 4.76. The van der Waals surface area contributed by atoms with E-state index in [0.717, 1.165) is 17.8 Å². The van der Waals surface area contributed by atoms with Crippen LogP contribution in [-0.2, 0) is 10.0 Å². The molecule has 0 bridgehead atoms. The number of sulfonamides is 1. The van der Waals surface area contributed by atoms with E-state index >= 15 is 0 Å². The Bertz CT molecular complexity index is 528. The molecule has 1 aromatic rings. The monoisotopic (exact) mass is 278 g/mol. The molecule has 0 unspecified atom stereocenters. The molecule has 0 radical (unpaired) electrons. The predicted molar refractivity (Wildman–Crippen MR) is 69.0 cm³/mol. The quantitative estimate of drug-likeness (QED) is 0.888. The van der Waals surface area contributed by atoms with Crippen LogP contribution in [0.1, 0.15) is 32.9 Å². The largest absolute Gasteiger partial charge is 0.315 e. The molecule has 7 heteroatoms. The molecule has 0 aliphatic rings. The van der Waals surface area contributed by atoms with E-state index in [2.05, 4.69) is 4.98 Å². The van der Waals surface area contributed by atoms with Crippen LogP contribution in [0.2, 0.25) is 0 Å². The summed E-state index contributed by atoms with van der Waals surface area (Å²) in [7, 11) is -3.55. The lowest BCUT2D eigenvalue weighted by atomic mass is 10.4. The van der Waals surface area contributed by atoms with Crippen molar-refractivity contribution in [3.63, 3.8) is 0 Å². The zero-order chi connectivity index (χ0) is 13.2. The van der Waals surface area contributed by atoms with Crippen LogP contribution >= 0.6 is 11.3 Å². The highest BCUT2D eigenvalue weighted by Gasteiger charge is 2.29. The molecule has 0 aliphatic heterocycles. The average Bonchev–Trinajstić information content (AvgIpc) is 2.54. The second-order valence-corrected chi connectivity index (χ2v) is 7.21. The maximum atomic E-state index is 12.4. The van der Waals surface area contributed by atoms with Gasteiger partial charge in [-0.2, -0.15) is 4.31 Å². The normalized spacial score (nSPS) is 12.6. The molecule has 0 aromatic carbocycles. The number of rotatable bonds is 5. The number of aromatic nitrogens is 1. The van der Waals surface area contributed by atoms with E-state index in [1.54, 1.807) is 6.92 Å². The molecule has 1 aromatic heterocycles. The van der Waals surface area contributed by atoms with Gasteiger partial charge in [-0.3, -0.25) is 4.79 Å². The van der Waals surface area contributed by atoms with E-state index in [4.69, 9.17) is 0 Å². The molecule has 1 heterocycles. The zero-order valence-electron chi connectivity index (χ0n) is 10.5. The van der Waals surface area contributed by atoms with Crippen molar-refractivity contribution in [2.24, 2.45) is 0 Å². The Morgan fingerprint density at radius 2 is 2.00 bits per heavy atom. The summed E-state index contributed by atoms with van der Waals surface area (Å²) in [6.45, 7) is 7.66. The van der Waals surface area contributed by atoms with Gasteiger partial charge in [-0.15, -0.1) is 0 Å². The van der Waals surface area contributed by atoms with Crippen molar-refractivity contribution in [1.82, 2.24) is 9.29 Å². The smallest absolute Gasteiger partial charge is 0.305 e. The summed E-state index contributed by atoms with van der Waals surface area (Å²) in [4.78, 5) is 13.4. The van der Waals surface area contributed by atoms with Gasteiger partial charge in [0.25, 0.3) is 10.0 Å². The number of H-pyrrole nitrogens is 1. The van der Waals surface area contributed by atoms with E-state index in [1.807, 2.05) is 20.8 Å². The maximum absolute atomic E-state index is 12.4. The summed E-state index contributed by atoms with van der Waals surface area (Å²) in [5, 5.41) is 0. The second kappa shape index (κ2) is 5.32. The first kappa shape index (κ1) is 14.4. The van der Waals surface area contributed by atoms with Crippen molar-refractivity contribution in [2.45, 2.75) is 44.4 Å². The molecular formula is C10H18N2O3S2. The Balaban J connectivity index is 3.26. The van der Waals surface area contributed by atoms with Crippen molar-refractivity contribution < 1.29 is 8.42 Å². The fourth-order valence-electron chi connectivity index (χ4n) is 1.62. The van der Waals surface area contributed by atoms with Crippen molar-refractivity contribution in [1.29, 1.82) is 0 Å². The lowest BCUT2D eigenvalue weighted by Crippen LogP contribution is -2.37. The van der Waals surface area contributed by atoms with Gasteiger partial charge in [0.15, 0.2) is 4.21 Å². The third-order valence-corrected chi connectivity index (χ3v) is 6.00. The van der Waals surface area contributed by atoms with Gasteiger partial charge in [0.1, 0.15) is 0 Å². The minimum atomic E-state index is -3.55. The molecule has 0 amide bonds. The Morgan fingerprint density at radius 3 is 2.35 bits per heavy atom. The van der Waals surface area contributed by atoms with Crippen LogP contribution in [0, 0.1) is 6.92 Å². The van der Waals surface area contributed by atoms with Crippen LogP contribution < -0.4 is 4.87 Å². The molecule has 0 spiro atoms. The highest BCUT2D eigenvalue weighted by atomic mass is 32.2. The Labute approximate surface area is 106 Å². The van der Waals surface area contributed by atoms with Crippen LogP contribution in [-0.4, -0.2) is 30.3 Å². The molecule has 0 fully saturated rings. The summed E-state index contributed by atoms with van der Waals surface area (Å²) in [6.07, 6.45) is 0.746.